The molecule has 14 bridgehead atoms. The van der Waals surface area contributed by atoms with Crippen LogP contribution in [0.4, 0.5) is 0 Å². The van der Waals surface area contributed by atoms with E-state index in [2.05, 4.69) is 0 Å². The monoisotopic (exact) mass is 1410 g/mol. The average Bonchev–Trinajstić information content (AvgIpc) is 0.796. The van der Waals surface area contributed by atoms with Gasteiger partial charge in [0.05, 0.1) is 57.8 Å². The molecule has 0 aromatic carbocycles. The smallest absolute Gasteiger partial charge is 0.264 e. The van der Waals surface area contributed by atoms with Crippen LogP contribution in [0.5, 0.6) is 0 Å². The van der Waals surface area contributed by atoms with Gasteiger partial charge in [0.15, 0.2) is 44.0 Å². The first-order chi connectivity index (χ1) is 44.0. The summed E-state index contributed by atoms with van der Waals surface area (Å²) in [5.41, 5.74) is 0. The van der Waals surface area contributed by atoms with E-state index in [1.807, 2.05) is 0 Å². The first kappa shape index (κ1) is 77.2. The SMILES string of the molecule is O=S(=O)(O)CCCCOCC1OC2OC3C(CO)OC(OC4C(CO)OC(OC5C(CO)OC(OC6C(CO)OC(OC7C(CO)OC(OC8C(CO)OC(OC1C(O)C2OCCCCS(=O)(=O)O)C(O)C8O)C(O)C7O)C(O)C6O)C(O)C5O)C(O)C4O)C(O)C3O. The number of hydrogen-bond acceptors (Lipinski definition) is 39. The first-order valence-electron chi connectivity index (χ1n) is 29.8. The Bertz CT molecular complexity index is 2490. The van der Waals surface area contributed by atoms with Gasteiger partial charge in [-0.1, -0.05) is 0 Å². The molecule has 21 aliphatic rings. The van der Waals surface area contributed by atoms with Crippen LogP contribution in [0, 0.1) is 0 Å². The third-order valence-electron chi connectivity index (χ3n) is 16.9. The average molecular weight is 1410 g/mol. The molecule has 35 unspecified atom stereocenters. The zero-order valence-electron chi connectivity index (χ0n) is 49.2. The zero-order valence-corrected chi connectivity index (χ0v) is 50.8. The van der Waals surface area contributed by atoms with E-state index in [1.165, 1.54) is 0 Å². The van der Waals surface area contributed by atoms with Crippen LogP contribution in [0.3, 0.4) is 0 Å². The molecule has 93 heavy (non-hydrogen) atoms. The summed E-state index contributed by atoms with van der Waals surface area (Å²) in [5, 5.41) is 214. The zero-order chi connectivity index (χ0) is 68.1. The molecule has 0 aliphatic carbocycles. The van der Waals surface area contributed by atoms with Crippen molar-refractivity contribution >= 4 is 20.2 Å². The minimum atomic E-state index is -4.50. The Morgan fingerprint density at radius 2 is 0.495 bits per heavy atom. The molecule has 0 aromatic heterocycles. The third kappa shape index (κ3) is 18.1. The summed E-state index contributed by atoms with van der Waals surface area (Å²) in [6.45, 7) is -8.07. The van der Waals surface area contributed by atoms with Crippen LogP contribution < -0.4 is 0 Å². The summed E-state index contributed by atoms with van der Waals surface area (Å²) in [6.07, 6.45) is -72.5. The number of ether oxygens (including phenoxy) is 16. The van der Waals surface area contributed by atoms with E-state index in [0.717, 1.165) is 0 Å². The first-order valence-corrected chi connectivity index (χ1v) is 33.0. The van der Waals surface area contributed by atoms with Gasteiger partial charge in [-0.15, -0.1) is 0 Å². The molecular formula is C50H86O41S2. The second kappa shape index (κ2) is 33.7. The molecule has 0 amide bonds. The van der Waals surface area contributed by atoms with Crippen molar-refractivity contribution in [3.05, 3.63) is 0 Å². The molecule has 21 rings (SSSR count). The maximum Gasteiger partial charge on any atom is 0.264 e. The Balaban J connectivity index is 1.13. The Labute approximate surface area is 529 Å². The molecule has 21 aliphatic heterocycles. The van der Waals surface area contributed by atoms with Crippen LogP contribution in [0.15, 0.2) is 0 Å². The molecular weight excluding hydrogens is 1320 g/mol. The van der Waals surface area contributed by atoms with Gasteiger partial charge in [-0.3, -0.25) is 9.11 Å². The van der Waals surface area contributed by atoms with Gasteiger partial charge in [0.25, 0.3) is 20.2 Å². The van der Waals surface area contributed by atoms with E-state index in [9.17, 15) is 123 Å². The fourth-order valence-corrected chi connectivity index (χ4v) is 13.0. The highest BCUT2D eigenvalue weighted by Gasteiger charge is 2.60. The van der Waals surface area contributed by atoms with Crippen LogP contribution in [0.2, 0.25) is 0 Å². The summed E-state index contributed by atoms with van der Waals surface area (Å²) in [5.74, 6) is -1.44. The molecule has 544 valence electrons. The number of rotatable bonds is 19. The molecule has 21 heterocycles. The normalized spacial score (nSPS) is 48.2. The maximum atomic E-state index is 12.3. The molecule has 0 saturated carbocycles. The minimum Gasteiger partial charge on any atom is -0.394 e. The van der Waals surface area contributed by atoms with E-state index in [4.69, 9.17) is 75.8 Å². The summed E-state index contributed by atoms with van der Waals surface area (Å²) in [6, 6.07) is 0. The van der Waals surface area contributed by atoms with Crippen LogP contribution >= 0.6 is 0 Å². The van der Waals surface area contributed by atoms with E-state index >= 15 is 0 Å². The van der Waals surface area contributed by atoms with Crippen molar-refractivity contribution in [1.29, 1.82) is 0 Å². The quantitative estimate of drug-likeness (QED) is 0.0422. The molecule has 41 nitrogen and oxygen atoms in total. The van der Waals surface area contributed by atoms with Crippen molar-refractivity contribution in [2.75, 3.05) is 71.0 Å². The molecule has 0 spiro atoms. The van der Waals surface area contributed by atoms with Gasteiger partial charge < -0.3 is 173 Å². The summed E-state index contributed by atoms with van der Waals surface area (Å²) in [7, 11) is -8.92. The molecule has 0 aromatic rings. The van der Waals surface area contributed by atoms with Crippen LogP contribution in [-0.2, 0) is 96.0 Å². The van der Waals surface area contributed by atoms with Crippen molar-refractivity contribution in [2.24, 2.45) is 0 Å². The standard InChI is InChI=1S/C50H86O41S2/c51-9-16-36-23(57)29(63)45(78-16)86-38-18(11-53)80-47(31(65)25(38)59)88-40-20(13-55)82-49(33(67)27(40)61)90-42-22(15-76-5-1-3-7-92(70,71)72)84-50(43(35(42)69)77-6-2-4-8-93(73,74)75)91-41-21(14-56)83-48(34(68)28(41)62)89-39-19(12-54)81-46(32(66)26(39)60)87-37-17(10-52)79-44(85-36)30(64)24(37)58/h16-69H,1-15H2,(H,70,71,72)(H,73,74,75). The number of aliphatic hydroxyl groups excluding tert-OH is 19. The highest BCUT2D eigenvalue weighted by Crippen LogP contribution is 2.39. The second-order valence-electron chi connectivity index (χ2n) is 23.4. The molecule has 21 fully saturated rings. The summed E-state index contributed by atoms with van der Waals surface area (Å²) in [4.78, 5) is 0. The number of aliphatic hydroxyl groups is 19. The van der Waals surface area contributed by atoms with E-state index in [0.29, 0.717) is 0 Å². The van der Waals surface area contributed by atoms with Crippen LogP contribution in [0.1, 0.15) is 25.7 Å². The lowest BCUT2D eigenvalue weighted by molar-refractivity contribution is -0.398. The van der Waals surface area contributed by atoms with Crippen molar-refractivity contribution in [3.63, 3.8) is 0 Å². The van der Waals surface area contributed by atoms with Gasteiger partial charge in [0.2, 0.25) is 0 Å². The van der Waals surface area contributed by atoms with Gasteiger partial charge in [0.1, 0.15) is 171 Å². The highest BCUT2D eigenvalue weighted by atomic mass is 32.2. The second-order valence-corrected chi connectivity index (χ2v) is 26.5. The maximum absolute atomic E-state index is 12.3. The summed E-state index contributed by atoms with van der Waals surface area (Å²) >= 11 is 0. The van der Waals surface area contributed by atoms with E-state index < -0.39 is 300 Å². The fraction of sp³-hybridized carbons (Fsp3) is 1.00. The molecule has 0 radical (unpaired) electrons. The van der Waals surface area contributed by atoms with Gasteiger partial charge >= 0.3 is 0 Å². The van der Waals surface area contributed by atoms with Gasteiger partial charge in [-0.05, 0) is 25.7 Å². The fourth-order valence-electron chi connectivity index (χ4n) is 11.9. The largest absolute Gasteiger partial charge is 0.394 e. The lowest BCUT2D eigenvalue weighted by Gasteiger charge is -2.50. The molecule has 21 N–H and O–H groups in total. The van der Waals surface area contributed by atoms with E-state index in [1.54, 1.807) is 0 Å². The number of unbranched alkanes of at least 4 members (excludes halogenated alkanes) is 2. The van der Waals surface area contributed by atoms with Crippen molar-refractivity contribution in [1.82, 2.24) is 0 Å². The summed E-state index contributed by atoms with van der Waals surface area (Å²) < 4.78 is 158. The highest BCUT2D eigenvalue weighted by molar-refractivity contribution is 7.86. The Hall–Kier alpha value is -1.58. The van der Waals surface area contributed by atoms with Crippen LogP contribution in [-0.4, -0.2) is 409 Å². The van der Waals surface area contributed by atoms with Gasteiger partial charge in [-0.25, -0.2) is 0 Å². The Kier molecular flexibility index (Phi) is 28.0. The van der Waals surface area contributed by atoms with Crippen LogP contribution in [0.25, 0.3) is 0 Å². The molecule has 21 saturated heterocycles. The molecule has 43 heteroatoms. The Morgan fingerprint density at radius 3 is 0.742 bits per heavy atom. The van der Waals surface area contributed by atoms with Gasteiger partial charge in [0, 0.05) is 13.2 Å². The lowest BCUT2D eigenvalue weighted by atomic mass is 9.95. The van der Waals surface area contributed by atoms with Crippen molar-refractivity contribution in [2.45, 2.75) is 241 Å². The molecule has 35 atom stereocenters. The van der Waals surface area contributed by atoms with Crippen molar-refractivity contribution in [3.8, 4) is 0 Å². The van der Waals surface area contributed by atoms with Gasteiger partial charge in [-0.2, -0.15) is 16.8 Å². The predicted molar refractivity (Wildman–Crippen MR) is 287 cm³/mol. The lowest BCUT2D eigenvalue weighted by Crippen LogP contribution is -2.68. The minimum absolute atomic E-state index is 0.0314. The van der Waals surface area contributed by atoms with E-state index in [-0.39, 0.29) is 32.3 Å². The predicted octanol–water partition coefficient (Wildman–Crippen LogP) is -13.8. The van der Waals surface area contributed by atoms with Crippen molar-refractivity contribution < 1.29 is 199 Å². The third-order valence-corrected chi connectivity index (χ3v) is 18.5. The Morgan fingerprint density at radius 1 is 0.269 bits per heavy atom. The topological polar surface area (TPSA) is 641 Å². The number of hydrogen-bond donors (Lipinski definition) is 21.